The van der Waals surface area contributed by atoms with Gasteiger partial charge in [0.1, 0.15) is 22.3 Å². The number of benzene rings is 1. The van der Waals surface area contributed by atoms with Crippen LogP contribution in [0.15, 0.2) is 36.7 Å². The average molecular weight is 283 g/mol. The van der Waals surface area contributed by atoms with Gasteiger partial charge in [-0.1, -0.05) is 23.8 Å². The van der Waals surface area contributed by atoms with Crippen LogP contribution in [0, 0.1) is 5.82 Å². The van der Waals surface area contributed by atoms with E-state index in [9.17, 15) is 4.39 Å². The van der Waals surface area contributed by atoms with Gasteiger partial charge in [0.05, 0.1) is 16.8 Å². The van der Waals surface area contributed by atoms with Gasteiger partial charge in [-0.3, -0.25) is 4.98 Å². The van der Waals surface area contributed by atoms with Crippen LogP contribution in [0.4, 0.5) is 4.39 Å². The standard InChI is InChI=1S/C12H8ClFN2OS/c13-7-3-9(6-16-5-7)17-11-2-1-8(14)4-10(11)12(15)18/h1-6H,(H2,15,18). The molecule has 2 rings (SSSR count). The highest BCUT2D eigenvalue weighted by molar-refractivity contribution is 7.80. The van der Waals surface area contributed by atoms with Crippen LogP contribution in [0.5, 0.6) is 11.5 Å². The highest BCUT2D eigenvalue weighted by atomic mass is 35.5. The molecule has 0 spiro atoms. The molecule has 0 saturated heterocycles. The molecule has 0 aliphatic carbocycles. The molecule has 1 heterocycles. The molecule has 0 atom stereocenters. The smallest absolute Gasteiger partial charge is 0.147 e. The molecule has 0 bridgehead atoms. The van der Waals surface area contributed by atoms with E-state index in [1.165, 1.54) is 30.6 Å². The summed E-state index contributed by atoms with van der Waals surface area (Å²) < 4.78 is 18.6. The van der Waals surface area contributed by atoms with Crippen LogP contribution in [0.1, 0.15) is 5.56 Å². The van der Waals surface area contributed by atoms with E-state index in [0.717, 1.165) is 0 Å². The van der Waals surface area contributed by atoms with Crippen LogP contribution >= 0.6 is 23.8 Å². The molecule has 3 nitrogen and oxygen atoms in total. The van der Waals surface area contributed by atoms with Crippen molar-refractivity contribution in [1.82, 2.24) is 4.98 Å². The Morgan fingerprint density at radius 2 is 2.11 bits per heavy atom. The van der Waals surface area contributed by atoms with Crippen molar-refractivity contribution < 1.29 is 9.13 Å². The van der Waals surface area contributed by atoms with Crippen molar-refractivity contribution in [1.29, 1.82) is 0 Å². The quantitative estimate of drug-likeness (QED) is 0.878. The van der Waals surface area contributed by atoms with Gasteiger partial charge in [-0.05, 0) is 18.2 Å². The number of thiocarbonyl (C=S) groups is 1. The van der Waals surface area contributed by atoms with Crippen molar-refractivity contribution in [2.75, 3.05) is 0 Å². The number of hydrogen-bond acceptors (Lipinski definition) is 3. The molecule has 2 aromatic rings. The second kappa shape index (κ2) is 5.29. The Morgan fingerprint density at radius 3 is 2.78 bits per heavy atom. The second-order valence-electron chi connectivity index (χ2n) is 3.45. The van der Waals surface area contributed by atoms with Gasteiger partial charge in [-0.2, -0.15) is 0 Å². The molecule has 0 aliphatic rings. The number of nitrogens with two attached hydrogens (primary N) is 1. The third-order valence-corrected chi connectivity index (χ3v) is 2.54. The molecule has 0 radical (unpaired) electrons. The summed E-state index contributed by atoms with van der Waals surface area (Å²) in [4.78, 5) is 3.93. The maximum Gasteiger partial charge on any atom is 0.147 e. The van der Waals surface area contributed by atoms with E-state index in [1.807, 2.05) is 0 Å². The zero-order chi connectivity index (χ0) is 13.1. The summed E-state index contributed by atoms with van der Waals surface area (Å²) in [5, 5.41) is 0.437. The lowest BCUT2D eigenvalue weighted by Gasteiger charge is -2.10. The highest BCUT2D eigenvalue weighted by Crippen LogP contribution is 2.27. The Balaban J connectivity index is 2.37. The molecule has 0 saturated carbocycles. The van der Waals surface area contributed by atoms with Crippen LogP contribution in [-0.2, 0) is 0 Å². The summed E-state index contributed by atoms with van der Waals surface area (Å²) in [6.07, 6.45) is 2.96. The molecular formula is C12H8ClFN2OS. The molecule has 0 fully saturated rings. The molecule has 0 aliphatic heterocycles. The summed E-state index contributed by atoms with van der Waals surface area (Å²) in [6, 6.07) is 5.51. The predicted octanol–water partition coefficient (Wildman–Crippen LogP) is 3.30. The zero-order valence-corrected chi connectivity index (χ0v) is 10.6. The first-order valence-corrected chi connectivity index (χ1v) is 5.72. The number of nitrogens with zero attached hydrogens (tertiary/aromatic N) is 1. The van der Waals surface area contributed by atoms with Gasteiger partial charge in [0, 0.05) is 12.3 Å². The summed E-state index contributed by atoms with van der Waals surface area (Å²) in [5.41, 5.74) is 5.83. The largest absolute Gasteiger partial charge is 0.455 e. The van der Waals surface area contributed by atoms with Gasteiger partial charge >= 0.3 is 0 Å². The summed E-state index contributed by atoms with van der Waals surface area (Å²) in [7, 11) is 0. The Kier molecular flexibility index (Phi) is 3.74. The second-order valence-corrected chi connectivity index (χ2v) is 4.32. The van der Waals surface area contributed by atoms with Gasteiger partial charge in [-0.25, -0.2) is 4.39 Å². The predicted molar refractivity (Wildman–Crippen MR) is 71.6 cm³/mol. The van der Waals surface area contributed by atoms with Gasteiger partial charge in [0.25, 0.3) is 0 Å². The van der Waals surface area contributed by atoms with Crippen molar-refractivity contribution in [3.05, 3.63) is 53.1 Å². The van der Waals surface area contributed by atoms with Crippen LogP contribution < -0.4 is 10.5 Å². The minimum Gasteiger partial charge on any atom is -0.455 e. The van der Waals surface area contributed by atoms with E-state index in [2.05, 4.69) is 4.98 Å². The van der Waals surface area contributed by atoms with Gasteiger partial charge in [-0.15, -0.1) is 0 Å². The first kappa shape index (κ1) is 12.7. The zero-order valence-electron chi connectivity index (χ0n) is 9.06. The minimum absolute atomic E-state index is 0.0551. The van der Waals surface area contributed by atoms with E-state index >= 15 is 0 Å². The van der Waals surface area contributed by atoms with Gasteiger partial charge in [0.2, 0.25) is 0 Å². The fourth-order valence-electron chi connectivity index (χ4n) is 1.36. The molecule has 2 N–H and O–H groups in total. The Hall–Kier alpha value is -1.72. The molecule has 0 unspecified atom stereocenters. The first-order valence-electron chi connectivity index (χ1n) is 4.94. The average Bonchev–Trinajstić information content (AvgIpc) is 2.31. The Morgan fingerprint density at radius 1 is 1.33 bits per heavy atom. The molecule has 92 valence electrons. The number of rotatable bonds is 3. The SMILES string of the molecule is NC(=S)c1cc(F)ccc1Oc1cncc(Cl)c1. The van der Waals surface area contributed by atoms with Crippen molar-refractivity contribution in [2.45, 2.75) is 0 Å². The maximum absolute atomic E-state index is 13.1. The van der Waals surface area contributed by atoms with Crippen molar-refractivity contribution in [3.8, 4) is 11.5 Å². The molecule has 0 amide bonds. The molecule has 18 heavy (non-hydrogen) atoms. The van der Waals surface area contributed by atoms with Crippen LogP contribution in [-0.4, -0.2) is 9.97 Å². The highest BCUT2D eigenvalue weighted by Gasteiger charge is 2.09. The van der Waals surface area contributed by atoms with E-state index in [4.69, 9.17) is 34.3 Å². The monoisotopic (exact) mass is 282 g/mol. The first-order chi connectivity index (χ1) is 8.56. The fraction of sp³-hybridized carbons (Fsp3) is 0. The fourth-order valence-corrected chi connectivity index (χ4v) is 1.68. The van der Waals surface area contributed by atoms with Gasteiger partial charge in [0.15, 0.2) is 0 Å². The molecule has 1 aromatic carbocycles. The number of aromatic nitrogens is 1. The normalized spacial score (nSPS) is 10.1. The third kappa shape index (κ3) is 2.94. The number of halogens is 2. The summed E-state index contributed by atoms with van der Waals surface area (Å²) in [5.74, 6) is 0.342. The topological polar surface area (TPSA) is 48.1 Å². The lowest BCUT2D eigenvalue weighted by Crippen LogP contribution is -2.11. The summed E-state index contributed by atoms with van der Waals surface area (Å²) in [6.45, 7) is 0. The molecular weight excluding hydrogens is 275 g/mol. The lowest BCUT2D eigenvalue weighted by atomic mass is 10.2. The minimum atomic E-state index is -0.436. The van der Waals surface area contributed by atoms with E-state index in [1.54, 1.807) is 6.07 Å². The summed E-state index contributed by atoms with van der Waals surface area (Å²) >= 11 is 10.6. The lowest BCUT2D eigenvalue weighted by molar-refractivity contribution is 0.477. The van der Waals surface area contributed by atoms with E-state index in [-0.39, 0.29) is 4.99 Å². The van der Waals surface area contributed by atoms with Crippen molar-refractivity contribution in [2.24, 2.45) is 5.73 Å². The van der Waals surface area contributed by atoms with Crippen LogP contribution in [0.2, 0.25) is 5.02 Å². The van der Waals surface area contributed by atoms with Crippen LogP contribution in [0.25, 0.3) is 0 Å². The van der Waals surface area contributed by atoms with Crippen molar-refractivity contribution in [3.63, 3.8) is 0 Å². The van der Waals surface area contributed by atoms with Crippen molar-refractivity contribution >= 4 is 28.8 Å². The Bertz CT molecular complexity index is 606. The maximum atomic E-state index is 13.1. The van der Waals surface area contributed by atoms with E-state index < -0.39 is 5.82 Å². The molecule has 6 heteroatoms. The van der Waals surface area contributed by atoms with Gasteiger partial charge < -0.3 is 10.5 Å². The van der Waals surface area contributed by atoms with Crippen LogP contribution in [0.3, 0.4) is 0 Å². The molecule has 1 aromatic heterocycles. The Labute approximate surface area is 113 Å². The number of ether oxygens (including phenoxy) is 1. The number of pyridine rings is 1. The number of hydrogen-bond donors (Lipinski definition) is 1. The van der Waals surface area contributed by atoms with E-state index in [0.29, 0.717) is 22.1 Å². The third-order valence-electron chi connectivity index (χ3n) is 2.11.